The quantitative estimate of drug-likeness (QED) is 0.698. The highest BCUT2D eigenvalue weighted by Gasteiger charge is 2.60. The van der Waals surface area contributed by atoms with Crippen molar-refractivity contribution in [3.05, 3.63) is 47.0 Å². The molecule has 0 aromatic heterocycles. The monoisotopic (exact) mass is 454 g/mol. The molecule has 1 aromatic carbocycles. The van der Waals surface area contributed by atoms with Crippen LogP contribution in [0, 0.1) is 28.6 Å². The summed E-state index contributed by atoms with van der Waals surface area (Å²) < 4.78 is 0. The maximum absolute atomic E-state index is 12.9. The molecule has 4 aliphatic rings. The highest BCUT2D eigenvalue weighted by molar-refractivity contribution is 6.30. The molecule has 0 unspecified atom stereocenters. The molecule has 172 valence electrons. The van der Waals surface area contributed by atoms with Crippen molar-refractivity contribution >= 4 is 23.4 Å². The molecule has 5 heteroatoms. The number of likely N-dealkylation sites (N-methyl/N-ethyl adjacent to an activating group) is 1. The van der Waals surface area contributed by atoms with E-state index < -0.39 is 0 Å². The van der Waals surface area contributed by atoms with Crippen molar-refractivity contribution in [3.63, 3.8) is 0 Å². The van der Waals surface area contributed by atoms with Gasteiger partial charge >= 0.3 is 0 Å². The third-order valence-electron chi connectivity index (χ3n) is 9.74. The van der Waals surface area contributed by atoms with Gasteiger partial charge in [0.15, 0.2) is 0 Å². The zero-order chi connectivity index (χ0) is 22.7. The van der Waals surface area contributed by atoms with Crippen molar-refractivity contribution in [3.8, 4) is 0 Å². The van der Waals surface area contributed by atoms with Gasteiger partial charge in [0.2, 0.25) is 11.8 Å². The molecule has 0 bridgehead atoms. The van der Waals surface area contributed by atoms with Crippen molar-refractivity contribution in [1.29, 1.82) is 0 Å². The van der Waals surface area contributed by atoms with E-state index in [9.17, 15) is 9.59 Å². The summed E-state index contributed by atoms with van der Waals surface area (Å²) in [4.78, 5) is 27.1. The predicted octanol–water partition coefficient (Wildman–Crippen LogP) is 5.01. The van der Waals surface area contributed by atoms with E-state index in [1.807, 2.05) is 36.2 Å². The van der Waals surface area contributed by atoms with Crippen LogP contribution in [0.4, 0.5) is 0 Å². The molecule has 0 saturated heterocycles. The zero-order valence-corrected chi connectivity index (χ0v) is 20.2. The Labute approximate surface area is 196 Å². The Bertz CT molecular complexity index is 943. The van der Waals surface area contributed by atoms with E-state index in [0.29, 0.717) is 35.2 Å². The number of halogens is 1. The smallest absolute Gasteiger partial charge is 0.246 e. The first kappa shape index (κ1) is 22.0. The summed E-state index contributed by atoms with van der Waals surface area (Å²) >= 11 is 5.98. The molecular formula is C27H35ClN2O2. The summed E-state index contributed by atoms with van der Waals surface area (Å²) in [5.74, 6) is 2.22. The molecule has 1 heterocycles. The zero-order valence-electron chi connectivity index (χ0n) is 19.4. The van der Waals surface area contributed by atoms with Gasteiger partial charge in [0, 0.05) is 29.6 Å². The SMILES string of the molecule is CN1C(=O)C=C[C@]2(C)[C@H]3CC[C@]4(C)[C@@H](NC(=O)Cc5ccc(Cl)cc5)CC[C@H]4[C@@H]3CC[C@@H]12. The Kier molecular flexibility index (Phi) is 5.43. The third-order valence-corrected chi connectivity index (χ3v) is 9.99. The van der Waals surface area contributed by atoms with E-state index in [4.69, 9.17) is 11.6 Å². The summed E-state index contributed by atoms with van der Waals surface area (Å²) in [5, 5.41) is 4.12. The Morgan fingerprint density at radius 1 is 1.09 bits per heavy atom. The highest BCUT2D eigenvalue weighted by Crippen LogP contribution is 2.63. The van der Waals surface area contributed by atoms with Crippen LogP contribution in [0.15, 0.2) is 36.4 Å². The Morgan fingerprint density at radius 2 is 1.84 bits per heavy atom. The fourth-order valence-electron chi connectivity index (χ4n) is 8.01. The van der Waals surface area contributed by atoms with Crippen LogP contribution >= 0.6 is 11.6 Å². The summed E-state index contributed by atoms with van der Waals surface area (Å²) in [6, 6.07) is 8.14. The van der Waals surface area contributed by atoms with Crippen LogP contribution in [0.5, 0.6) is 0 Å². The lowest BCUT2D eigenvalue weighted by Gasteiger charge is -2.60. The lowest BCUT2D eigenvalue weighted by atomic mass is 9.48. The van der Waals surface area contributed by atoms with Crippen LogP contribution in [-0.2, 0) is 16.0 Å². The predicted molar refractivity (Wildman–Crippen MR) is 127 cm³/mol. The van der Waals surface area contributed by atoms with Gasteiger partial charge in [-0.3, -0.25) is 9.59 Å². The Balaban J connectivity index is 1.31. The molecule has 32 heavy (non-hydrogen) atoms. The maximum atomic E-state index is 12.9. The highest BCUT2D eigenvalue weighted by atomic mass is 35.5. The molecule has 3 fully saturated rings. The molecular weight excluding hydrogens is 420 g/mol. The topological polar surface area (TPSA) is 49.4 Å². The van der Waals surface area contributed by atoms with Crippen molar-refractivity contribution in [2.75, 3.05) is 7.05 Å². The van der Waals surface area contributed by atoms with Crippen molar-refractivity contribution in [2.24, 2.45) is 28.6 Å². The summed E-state index contributed by atoms with van der Waals surface area (Å²) in [6.07, 6.45) is 11.3. The fraction of sp³-hybridized carbons (Fsp3) is 0.630. The lowest BCUT2D eigenvalue weighted by molar-refractivity contribution is -0.138. The number of nitrogens with one attached hydrogen (secondary N) is 1. The second kappa shape index (κ2) is 7.90. The van der Waals surface area contributed by atoms with Crippen LogP contribution in [0.3, 0.4) is 0 Å². The largest absolute Gasteiger partial charge is 0.353 e. The molecule has 1 aromatic rings. The van der Waals surface area contributed by atoms with Crippen LogP contribution in [0.2, 0.25) is 5.02 Å². The van der Waals surface area contributed by atoms with Crippen LogP contribution < -0.4 is 5.32 Å². The number of rotatable bonds is 3. The Morgan fingerprint density at radius 3 is 2.59 bits per heavy atom. The van der Waals surface area contributed by atoms with E-state index in [1.54, 1.807) is 6.08 Å². The summed E-state index contributed by atoms with van der Waals surface area (Å²) in [7, 11) is 1.98. The molecule has 7 atom stereocenters. The first-order valence-electron chi connectivity index (χ1n) is 12.2. The number of fused-ring (bicyclic) bond motifs is 5. The number of hydrogen-bond acceptors (Lipinski definition) is 2. The van der Waals surface area contributed by atoms with Gasteiger partial charge in [-0.05, 0) is 85.5 Å². The first-order chi connectivity index (χ1) is 15.2. The van der Waals surface area contributed by atoms with Gasteiger partial charge in [-0.15, -0.1) is 0 Å². The van der Waals surface area contributed by atoms with E-state index >= 15 is 0 Å². The molecule has 0 radical (unpaired) electrons. The average Bonchev–Trinajstić information content (AvgIpc) is 3.09. The molecule has 3 saturated carbocycles. The van der Waals surface area contributed by atoms with Crippen molar-refractivity contribution in [2.45, 2.75) is 70.9 Å². The second-order valence-electron chi connectivity index (χ2n) is 11.2. The molecule has 1 N–H and O–H groups in total. The van der Waals surface area contributed by atoms with Crippen LogP contribution in [0.25, 0.3) is 0 Å². The normalized spacial score (nSPS) is 40.4. The van der Waals surface area contributed by atoms with Crippen molar-refractivity contribution in [1.82, 2.24) is 10.2 Å². The maximum Gasteiger partial charge on any atom is 0.246 e. The third kappa shape index (κ3) is 3.41. The molecule has 5 rings (SSSR count). The number of hydrogen-bond donors (Lipinski definition) is 1. The Hall–Kier alpha value is -1.81. The number of amides is 2. The van der Waals surface area contributed by atoms with Crippen LogP contribution in [0.1, 0.15) is 57.9 Å². The number of carbonyl (C=O) groups is 2. The second-order valence-corrected chi connectivity index (χ2v) is 11.6. The standard InChI is InChI=1S/C27H35ClN2O2/c1-26-14-12-21-19(8-11-23-27(21,2)15-13-25(32)30(23)3)20(26)9-10-22(26)29-24(31)16-17-4-6-18(28)7-5-17/h4-7,13,15,19-23H,8-12,14,16H2,1-3H3,(H,29,31)/t19-,20-,21-,22-,23+,26-,27+/m0/s1. The number of nitrogens with zero attached hydrogens (tertiary/aromatic N) is 1. The summed E-state index contributed by atoms with van der Waals surface area (Å²) in [6.45, 7) is 4.81. The van der Waals surface area contributed by atoms with Gasteiger partial charge in [-0.2, -0.15) is 0 Å². The molecule has 1 aliphatic heterocycles. The van der Waals surface area contributed by atoms with Crippen LogP contribution in [-0.4, -0.2) is 35.8 Å². The molecule has 4 nitrogen and oxygen atoms in total. The minimum atomic E-state index is 0.0722. The minimum Gasteiger partial charge on any atom is -0.353 e. The fourth-order valence-corrected chi connectivity index (χ4v) is 8.13. The lowest BCUT2D eigenvalue weighted by Crippen LogP contribution is -2.60. The van der Waals surface area contributed by atoms with E-state index in [-0.39, 0.29) is 28.7 Å². The van der Waals surface area contributed by atoms with Crippen molar-refractivity contribution < 1.29 is 9.59 Å². The van der Waals surface area contributed by atoms with Gasteiger partial charge < -0.3 is 10.2 Å². The number of carbonyl (C=O) groups excluding carboxylic acids is 2. The van der Waals surface area contributed by atoms with E-state index in [1.165, 1.54) is 19.3 Å². The van der Waals surface area contributed by atoms with E-state index in [2.05, 4.69) is 25.2 Å². The van der Waals surface area contributed by atoms with Gasteiger partial charge in [0.25, 0.3) is 0 Å². The van der Waals surface area contributed by atoms with Gasteiger partial charge in [-0.25, -0.2) is 0 Å². The first-order valence-corrected chi connectivity index (χ1v) is 12.6. The molecule has 3 aliphatic carbocycles. The summed E-state index contributed by atoms with van der Waals surface area (Å²) in [5.41, 5.74) is 1.24. The van der Waals surface area contributed by atoms with Gasteiger partial charge in [0.05, 0.1) is 6.42 Å². The van der Waals surface area contributed by atoms with Gasteiger partial charge in [-0.1, -0.05) is 43.7 Å². The van der Waals surface area contributed by atoms with Gasteiger partial charge in [0.1, 0.15) is 0 Å². The van der Waals surface area contributed by atoms with E-state index in [0.717, 1.165) is 24.8 Å². The molecule has 2 amide bonds. The average molecular weight is 455 g/mol. The minimum absolute atomic E-state index is 0.0722. The number of benzene rings is 1. The molecule has 0 spiro atoms.